The molecule has 0 saturated carbocycles. The number of carbonyl (C=O) groups is 1. The third-order valence-electron chi connectivity index (χ3n) is 5.11. The number of amides is 1. The number of methoxy groups -OCH3 is 1. The number of rotatable bonds is 4. The van der Waals surface area contributed by atoms with Crippen LogP contribution in [-0.2, 0) is 6.54 Å². The lowest BCUT2D eigenvalue weighted by Crippen LogP contribution is -2.47. The van der Waals surface area contributed by atoms with Crippen LogP contribution in [0.5, 0.6) is 5.88 Å². The highest BCUT2D eigenvalue weighted by molar-refractivity contribution is 7.07. The van der Waals surface area contributed by atoms with Crippen molar-refractivity contribution in [1.29, 1.82) is 0 Å². The lowest BCUT2D eigenvalue weighted by Gasteiger charge is -2.36. The molecule has 2 bridgehead atoms. The van der Waals surface area contributed by atoms with E-state index in [1.54, 1.807) is 36.8 Å². The monoisotopic (exact) mass is 358 g/mol. The number of fused-ring (bicyclic) bond motifs is 4. The zero-order valence-corrected chi connectivity index (χ0v) is 15.1. The summed E-state index contributed by atoms with van der Waals surface area (Å²) in [5.41, 5.74) is 3.67. The van der Waals surface area contributed by atoms with E-state index in [1.807, 2.05) is 5.51 Å². The van der Waals surface area contributed by atoms with E-state index >= 15 is 0 Å². The molecule has 3 aliphatic rings. The number of pyridine rings is 1. The molecule has 0 unspecified atom stereocenters. The van der Waals surface area contributed by atoms with Crippen molar-refractivity contribution in [3.63, 3.8) is 0 Å². The van der Waals surface area contributed by atoms with Crippen LogP contribution in [-0.4, -0.2) is 58.5 Å². The summed E-state index contributed by atoms with van der Waals surface area (Å²) in [5, 5.41) is 2.11. The van der Waals surface area contributed by atoms with Crippen LogP contribution in [0.4, 0.5) is 0 Å². The lowest BCUT2D eigenvalue weighted by molar-refractivity contribution is 0.0584. The number of piperidine rings is 1. The molecule has 25 heavy (non-hydrogen) atoms. The van der Waals surface area contributed by atoms with E-state index in [9.17, 15) is 4.79 Å². The first-order valence-electron chi connectivity index (χ1n) is 8.63. The van der Waals surface area contributed by atoms with Gasteiger partial charge in [0.2, 0.25) is 5.88 Å². The minimum atomic E-state index is 0.0888. The topological polar surface area (TPSA) is 58.6 Å². The van der Waals surface area contributed by atoms with E-state index in [0.29, 0.717) is 17.4 Å². The Bertz CT molecular complexity index is 736. The molecule has 0 aliphatic carbocycles. The van der Waals surface area contributed by atoms with Crippen LogP contribution in [0.2, 0.25) is 0 Å². The van der Waals surface area contributed by atoms with Gasteiger partial charge in [0.05, 0.1) is 18.3 Å². The molecule has 2 aromatic heterocycles. The smallest absolute Gasteiger partial charge is 0.254 e. The molecular formula is C18H22N4O2S. The molecule has 0 spiro atoms. The molecule has 5 rings (SSSR count). The molecule has 2 aromatic rings. The van der Waals surface area contributed by atoms with Crippen molar-refractivity contribution in [2.24, 2.45) is 5.92 Å². The molecule has 7 heteroatoms. The fourth-order valence-corrected chi connectivity index (χ4v) is 4.47. The number of aromatic nitrogens is 2. The molecule has 3 saturated heterocycles. The average molecular weight is 358 g/mol. The predicted octanol–water partition coefficient (Wildman–Crippen LogP) is 2.28. The predicted molar refractivity (Wildman–Crippen MR) is 95.7 cm³/mol. The van der Waals surface area contributed by atoms with E-state index < -0.39 is 0 Å². The SMILES string of the molecule is COc1cc(C(=O)N2C[C@H]3CC[C@@H]2CN(Cc2cscn2)C3)ccn1. The van der Waals surface area contributed by atoms with Gasteiger partial charge in [-0.1, -0.05) is 0 Å². The standard InChI is InChI=1S/C18H22N4O2S/c1-24-17-6-14(4-5-19-17)18(23)22-8-13-2-3-16(22)10-21(7-13)9-15-11-25-12-20-15/h4-6,11-13,16H,2-3,7-10H2,1H3/t13-,16+/m0/s1. The Labute approximate surface area is 151 Å². The molecule has 0 radical (unpaired) electrons. The van der Waals surface area contributed by atoms with E-state index in [4.69, 9.17) is 4.74 Å². The average Bonchev–Trinajstić information content (AvgIpc) is 3.00. The largest absolute Gasteiger partial charge is 0.481 e. The molecule has 0 N–H and O–H groups in total. The minimum absolute atomic E-state index is 0.0888. The van der Waals surface area contributed by atoms with Crippen molar-refractivity contribution < 1.29 is 9.53 Å². The molecule has 0 aromatic carbocycles. The maximum absolute atomic E-state index is 13.0. The van der Waals surface area contributed by atoms with Gasteiger partial charge in [0, 0.05) is 55.4 Å². The third-order valence-corrected chi connectivity index (χ3v) is 5.75. The van der Waals surface area contributed by atoms with Gasteiger partial charge in [-0.05, 0) is 24.8 Å². The summed E-state index contributed by atoms with van der Waals surface area (Å²) in [6, 6.07) is 3.77. The maximum Gasteiger partial charge on any atom is 0.254 e. The van der Waals surface area contributed by atoms with Crippen LogP contribution in [0.15, 0.2) is 29.2 Å². The zero-order chi connectivity index (χ0) is 17.2. The van der Waals surface area contributed by atoms with Crippen molar-refractivity contribution in [1.82, 2.24) is 19.8 Å². The summed E-state index contributed by atoms with van der Waals surface area (Å²) in [6.45, 7) is 3.67. The number of hydrogen-bond donors (Lipinski definition) is 0. The fourth-order valence-electron chi connectivity index (χ4n) is 3.92. The Kier molecular flexibility index (Phi) is 4.67. The second-order valence-corrected chi connectivity index (χ2v) is 7.53. The van der Waals surface area contributed by atoms with Gasteiger partial charge in [-0.2, -0.15) is 0 Å². The van der Waals surface area contributed by atoms with Crippen molar-refractivity contribution in [2.75, 3.05) is 26.7 Å². The molecule has 6 nitrogen and oxygen atoms in total. The normalized spacial score (nSPS) is 23.5. The van der Waals surface area contributed by atoms with Crippen LogP contribution in [0.25, 0.3) is 0 Å². The Balaban J connectivity index is 1.50. The summed E-state index contributed by atoms with van der Waals surface area (Å²) in [6.07, 6.45) is 3.91. The highest BCUT2D eigenvalue weighted by Gasteiger charge is 2.37. The quantitative estimate of drug-likeness (QED) is 0.839. The summed E-state index contributed by atoms with van der Waals surface area (Å²) >= 11 is 1.64. The molecule has 2 atom stereocenters. The first-order valence-corrected chi connectivity index (χ1v) is 9.57. The summed E-state index contributed by atoms with van der Waals surface area (Å²) < 4.78 is 5.16. The lowest BCUT2D eigenvalue weighted by atomic mass is 9.94. The molecule has 5 heterocycles. The zero-order valence-electron chi connectivity index (χ0n) is 14.3. The van der Waals surface area contributed by atoms with E-state index in [-0.39, 0.29) is 11.9 Å². The van der Waals surface area contributed by atoms with Gasteiger partial charge in [-0.3, -0.25) is 9.69 Å². The molecule has 3 aliphatic heterocycles. The Hall–Kier alpha value is -1.99. The number of thiazole rings is 1. The van der Waals surface area contributed by atoms with E-state index in [1.165, 1.54) is 6.42 Å². The summed E-state index contributed by atoms with van der Waals surface area (Å²) in [5.74, 6) is 1.10. The maximum atomic E-state index is 13.0. The second kappa shape index (κ2) is 7.09. The molecule has 1 amide bonds. The van der Waals surface area contributed by atoms with Gasteiger partial charge in [-0.25, -0.2) is 9.97 Å². The van der Waals surface area contributed by atoms with E-state index in [0.717, 1.165) is 38.3 Å². The van der Waals surface area contributed by atoms with Crippen molar-refractivity contribution in [3.05, 3.63) is 40.5 Å². The van der Waals surface area contributed by atoms with Crippen LogP contribution in [0, 0.1) is 5.92 Å². The van der Waals surface area contributed by atoms with Crippen molar-refractivity contribution >= 4 is 17.2 Å². The van der Waals surface area contributed by atoms with Crippen molar-refractivity contribution in [3.8, 4) is 5.88 Å². The molecule has 3 fully saturated rings. The van der Waals surface area contributed by atoms with Gasteiger partial charge in [0.25, 0.3) is 5.91 Å². The summed E-state index contributed by atoms with van der Waals surface area (Å²) in [7, 11) is 1.57. The third kappa shape index (κ3) is 3.52. The number of ether oxygens (including phenoxy) is 1. The van der Waals surface area contributed by atoms with Gasteiger partial charge >= 0.3 is 0 Å². The van der Waals surface area contributed by atoms with Crippen molar-refractivity contribution in [2.45, 2.75) is 25.4 Å². The first kappa shape index (κ1) is 16.5. The minimum Gasteiger partial charge on any atom is -0.481 e. The van der Waals surface area contributed by atoms with Crippen LogP contribution in [0.3, 0.4) is 0 Å². The Morgan fingerprint density at radius 3 is 3.04 bits per heavy atom. The fraction of sp³-hybridized carbons (Fsp3) is 0.500. The van der Waals surface area contributed by atoms with Crippen LogP contribution < -0.4 is 4.74 Å². The molecule has 132 valence electrons. The van der Waals surface area contributed by atoms with Gasteiger partial charge in [-0.15, -0.1) is 11.3 Å². The van der Waals surface area contributed by atoms with Gasteiger partial charge in [0.15, 0.2) is 0 Å². The first-order chi connectivity index (χ1) is 12.2. The molecular weight excluding hydrogens is 336 g/mol. The summed E-state index contributed by atoms with van der Waals surface area (Å²) in [4.78, 5) is 26.1. The second-order valence-electron chi connectivity index (χ2n) is 6.82. The van der Waals surface area contributed by atoms with Crippen LogP contribution >= 0.6 is 11.3 Å². The van der Waals surface area contributed by atoms with Gasteiger partial charge < -0.3 is 9.64 Å². The Morgan fingerprint density at radius 2 is 2.24 bits per heavy atom. The number of hydrogen-bond acceptors (Lipinski definition) is 6. The number of nitrogens with zero attached hydrogens (tertiary/aromatic N) is 4. The van der Waals surface area contributed by atoms with Gasteiger partial charge in [0.1, 0.15) is 0 Å². The number of carbonyl (C=O) groups excluding carboxylic acids is 1. The van der Waals surface area contributed by atoms with Crippen LogP contribution in [0.1, 0.15) is 28.9 Å². The van der Waals surface area contributed by atoms with E-state index in [2.05, 4.69) is 25.1 Å². The highest BCUT2D eigenvalue weighted by Crippen LogP contribution is 2.30. The Morgan fingerprint density at radius 1 is 1.32 bits per heavy atom. The highest BCUT2D eigenvalue weighted by atomic mass is 32.1.